The van der Waals surface area contributed by atoms with Gasteiger partial charge in [0.25, 0.3) is 0 Å². The molecular formula is C15H22N2O4. The molecule has 2 N–H and O–H groups in total. The molecule has 0 aliphatic rings. The zero-order chi connectivity index (χ0) is 15.8. The summed E-state index contributed by atoms with van der Waals surface area (Å²) in [5.41, 5.74) is 7.44. The van der Waals surface area contributed by atoms with E-state index >= 15 is 0 Å². The van der Waals surface area contributed by atoms with Gasteiger partial charge in [0.1, 0.15) is 0 Å². The summed E-state index contributed by atoms with van der Waals surface area (Å²) in [5.74, 6) is -1.14. The number of carbonyl (C=O) groups excluding carboxylic acids is 2. The van der Waals surface area contributed by atoms with Gasteiger partial charge in [0.15, 0.2) is 6.61 Å². The monoisotopic (exact) mass is 294 g/mol. The van der Waals surface area contributed by atoms with Crippen LogP contribution in [-0.2, 0) is 14.3 Å². The average Bonchev–Trinajstić information content (AvgIpc) is 2.44. The van der Waals surface area contributed by atoms with E-state index in [-0.39, 0.29) is 0 Å². The summed E-state index contributed by atoms with van der Waals surface area (Å²) >= 11 is 0. The minimum atomic E-state index is -0.598. The van der Waals surface area contributed by atoms with E-state index < -0.39 is 18.5 Å². The minimum Gasteiger partial charge on any atom is -0.463 e. The van der Waals surface area contributed by atoms with Crippen LogP contribution < -0.4 is 10.6 Å². The molecule has 0 spiro atoms. The first-order valence-electron chi connectivity index (χ1n) is 6.85. The Morgan fingerprint density at radius 2 is 1.95 bits per heavy atom. The molecule has 0 saturated carbocycles. The minimum absolute atomic E-state index is 0.305. The highest BCUT2D eigenvalue weighted by Crippen LogP contribution is 2.22. The molecule has 0 aromatic heterocycles. The molecule has 0 bridgehead atoms. The average molecular weight is 294 g/mol. The topological polar surface area (TPSA) is 81.9 Å². The fourth-order valence-corrected chi connectivity index (χ4v) is 1.67. The van der Waals surface area contributed by atoms with Crippen LogP contribution in [0, 0.1) is 0 Å². The van der Waals surface area contributed by atoms with Crippen LogP contribution in [0.1, 0.15) is 30.1 Å². The first-order valence-corrected chi connectivity index (χ1v) is 6.85. The normalized spacial score (nSPS) is 10.0. The summed E-state index contributed by atoms with van der Waals surface area (Å²) in [6, 6.07) is 4.86. The van der Waals surface area contributed by atoms with Crippen LogP contribution in [0.5, 0.6) is 0 Å². The number of rotatable bonds is 7. The Hall–Kier alpha value is -2.24. The highest BCUT2D eigenvalue weighted by Gasteiger charge is 2.13. The second kappa shape index (κ2) is 8.14. The van der Waals surface area contributed by atoms with E-state index in [2.05, 4.69) is 0 Å². The molecule has 21 heavy (non-hydrogen) atoms. The van der Waals surface area contributed by atoms with Gasteiger partial charge in [-0.25, -0.2) is 9.59 Å². The number of nitrogen functional groups attached to an aromatic ring is 1. The Kier molecular flexibility index (Phi) is 6.52. The van der Waals surface area contributed by atoms with Crippen molar-refractivity contribution in [3.05, 3.63) is 23.8 Å². The number of hydrogen-bond acceptors (Lipinski definition) is 6. The maximum Gasteiger partial charge on any atom is 0.344 e. The van der Waals surface area contributed by atoms with Gasteiger partial charge in [-0.05, 0) is 24.6 Å². The lowest BCUT2D eigenvalue weighted by Crippen LogP contribution is -2.17. The van der Waals surface area contributed by atoms with E-state index in [1.165, 1.54) is 6.07 Å². The van der Waals surface area contributed by atoms with Gasteiger partial charge in [-0.15, -0.1) is 0 Å². The number of esters is 2. The van der Waals surface area contributed by atoms with Crippen LogP contribution in [0.4, 0.5) is 11.4 Å². The maximum absolute atomic E-state index is 11.8. The lowest BCUT2D eigenvalue weighted by Gasteiger charge is -2.15. The Labute approximate surface area is 124 Å². The number of carbonyl (C=O) groups is 2. The zero-order valence-electron chi connectivity index (χ0n) is 12.7. The third-order valence-corrected chi connectivity index (χ3v) is 2.83. The molecule has 6 nitrogen and oxygen atoms in total. The van der Waals surface area contributed by atoms with E-state index in [4.69, 9.17) is 15.2 Å². The third-order valence-electron chi connectivity index (χ3n) is 2.83. The molecule has 0 radical (unpaired) electrons. The van der Waals surface area contributed by atoms with Gasteiger partial charge in [0.05, 0.1) is 23.5 Å². The van der Waals surface area contributed by atoms with Crippen molar-refractivity contribution in [2.75, 3.05) is 37.9 Å². The predicted octanol–water partition coefficient (Wildman–Crippen LogP) is 1.83. The van der Waals surface area contributed by atoms with Crippen LogP contribution in [0.3, 0.4) is 0 Å². The molecule has 0 aliphatic heterocycles. The summed E-state index contributed by atoms with van der Waals surface area (Å²) in [7, 11) is 3.71. The van der Waals surface area contributed by atoms with Crippen LogP contribution in [0.25, 0.3) is 0 Å². The van der Waals surface area contributed by atoms with Crippen LogP contribution in [0.15, 0.2) is 18.2 Å². The van der Waals surface area contributed by atoms with Crippen molar-refractivity contribution in [3.8, 4) is 0 Å². The summed E-state index contributed by atoms with van der Waals surface area (Å²) in [4.78, 5) is 25.0. The lowest BCUT2D eigenvalue weighted by molar-refractivity contribution is -0.147. The van der Waals surface area contributed by atoms with Crippen molar-refractivity contribution >= 4 is 23.3 Å². The van der Waals surface area contributed by atoms with E-state index in [1.807, 2.05) is 25.9 Å². The van der Waals surface area contributed by atoms with Crippen molar-refractivity contribution in [3.63, 3.8) is 0 Å². The highest BCUT2D eigenvalue weighted by molar-refractivity contribution is 5.93. The predicted molar refractivity (Wildman–Crippen MR) is 81.3 cm³/mol. The van der Waals surface area contributed by atoms with Crippen molar-refractivity contribution in [2.24, 2.45) is 0 Å². The number of nitrogens with two attached hydrogens (primary N) is 1. The fraction of sp³-hybridized carbons (Fsp3) is 0.467. The van der Waals surface area contributed by atoms with Gasteiger partial charge in [0, 0.05) is 14.1 Å². The Morgan fingerprint density at radius 3 is 2.52 bits per heavy atom. The smallest absolute Gasteiger partial charge is 0.344 e. The molecule has 0 unspecified atom stereocenters. The third kappa shape index (κ3) is 5.33. The molecule has 0 aliphatic carbocycles. The number of ether oxygens (including phenoxy) is 2. The van der Waals surface area contributed by atoms with E-state index in [0.29, 0.717) is 17.9 Å². The second-order valence-electron chi connectivity index (χ2n) is 4.82. The largest absolute Gasteiger partial charge is 0.463 e. The van der Waals surface area contributed by atoms with E-state index in [9.17, 15) is 9.59 Å². The quantitative estimate of drug-likeness (QED) is 0.469. The van der Waals surface area contributed by atoms with Gasteiger partial charge in [-0.2, -0.15) is 0 Å². The Bertz CT molecular complexity index is 500. The van der Waals surface area contributed by atoms with Gasteiger partial charge in [-0.3, -0.25) is 0 Å². The van der Waals surface area contributed by atoms with Gasteiger partial charge < -0.3 is 20.1 Å². The van der Waals surface area contributed by atoms with Crippen LogP contribution in [-0.4, -0.2) is 39.2 Å². The Morgan fingerprint density at radius 1 is 1.24 bits per heavy atom. The second-order valence-corrected chi connectivity index (χ2v) is 4.82. The number of unbranched alkanes of at least 4 members (excludes halogenated alkanes) is 1. The maximum atomic E-state index is 11.8. The molecule has 0 saturated heterocycles. The fourth-order valence-electron chi connectivity index (χ4n) is 1.67. The molecular weight excluding hydrogens is 272 g/mol. The molecule has 1 aromatic rings. The number of benzene rings is 1. The number of anilines is 2. The van der Waals surface area contributed by atoms with Gasteiger partial charge >= 0.3 is 11.9 Å². The van der Waals surface area contributed by atoms with Crippen molar-refractivity contribution < 1.29 is 19.1 Å². The van der Waals surface area contributed by atoms with Crippen molar-refractivity contribution in [1.82, 2.24) is 0 Å². The molecule has 0 amide bonds. The van der Waals surface area contributed by atoms with Gasteiger partial charge in [0.2, 0.25) is 0 Å². The molecule has 1 aromatic carbocycles. The molecule has 116 valence electrons. The number of hydrogen-bond donors (Lipinski definition) is 1. The highest BCUT2D eigenvalue weighted by atomic mass is 16.6. The molecule has 0 fully saturated rings. The molecule has 1 rings (SSSR count). The summed E-state index contributed by atoms with van der Waals surface area (Å²) in [6.07, 6.45) is 1.73. The van der Waals surface area contributed by atoms with Crippen molar-refractivity contribution in [2.45, 2.75) is 19.8 Å². The van der Waals surface area contributed by atoms with Gasteiger partial charge in [-0.1, -0.05) is 13.3 Å². The Balaban J connectivity index is 2.52. The summed E-state index contributed by atoms with van der Waals surface area (Å²) in [5, 5.41) is 0. The van der Waals surface area contributed by atoms with Crippen LogP contribution >= 0.6 is 0 Å². The number of nitrogens with zero attached hydrogens (tertiary/aromatic N) is 1. The molecule has 0 atom stereocenters. The lowest BCUT2D eigenvalue weighted by atomic mass is 10.1. The molecule has 0 heterocycles. The van der Waals surface area contributed by atoms with E-state index in [1.54, 1.807) is 12.1 Å². The SMILES string of the molecule is CCCCOC(=O)COC(=O)c1ccc(N(C)C)c(N)c1. The molecule has 6 heteroatoms. The summed E-state index contributed by atoms with van der Waals surface area (Å²) in [6.45, 7) is 1.95. The van der Waals surface area contributed by atoms with E-state index in [0.717, 1.165) is 18.5 Å². The first kappa shape index (κ1) is 16.8. The zero-order valence-corrected chi connectivity index (χ0v) is 12.7. The summed E-state index contributed by atoms with van der Waals surface area (Å²) < 4.78 is 9.79. The van der Waals surface area contributed by atoms with Crippen LogP contribution in [0.2, 0.25) is 0 Å². The standard InChI is InChI=1S/C15H22N2O4/c1-4-5-8-20-14(18)10-21-15(19)11-6-7-13(17(2)3)12(16)9-11/h6-7,9H,4-5,8,10,16H2,1-3H3. The van der Waals surface area contributed by atoms with Crippen molar-refractivity contribution in [1.29, 1.82) is 0 Å². The first-order chi connectivity index (χ1) is 9.95.